The molecule has 0 bridgehead atoms. The highest BCUT2D eigenvalue weighted by molar-refractivity contribution is 6.33. The molecule has 11 heteroatoms. The van der Waals surface area contributed by atoms with Gasteiger partial charge in [0.25, 0.3) is 5.91 Å². The van der Waals surface area contributed by atoms with Crippen molar-refractivity contribution < 1.29 is 38.1 Å². The molecule has 0 saturated heterocycles. The molecule has 2 aromatic carbocycles. The number of phenols is 1. The van der Waals surface area contributed by atoms with Crippen LogP contribution in [0.2, 0.25) is 5.02 Å². The van der Waals surface area contributed by atoms with Crippen molar-refractivity contribution in [1.82, 2.24) is 9.88 Å². The largest absolute Gasteiger partial charge is 0.506 e. The van der Waals surface area contributed by atoms with Crippen LogP contribution in [-0.2, 0) is 16.0 Å². The van der Waals surface area contributed by atoms with Crippen LogP contribution in [0, 0.1) is 6.92 Å². The van der Waals surface area contributed by atoms with Crippen molar-refractivity contribution in [3.63, 3.8) is 0 Å². The maximum Gasteiger partial charge on any atom is 0.387 e. The molecule has 1 heterocycles. The first-order valence-corrected chi connectivity index (χ1v) is 10.0. The van der Waals surface area contributed by atoms with Crippen LogP contribution in [-0.4, -0.2) is 45.2 Å². The highest BCUT2D eigenvalue weighted by atomic mass is 35.5. The number of carbonyl (C=O) groups excluding carboxylic acids is 2. The van der Waals surface area contributed by atoms with Crippen LogP contribution in [0.1, 0.15) is 28.5 Å². The number of fused-ring (bicyclic) bond motifs is 1. The van der Waals surface area contributed by atoms with Crippen molar-refractivity contribution in [2.75, 3.05) is 0 Å². The van der Waals surface area contributed by atoms with Crippen molar-refractivity contribution in [2.24, 2.45) is 0 Å². The summed E-state index contributed by atoms with van der Waals surface area (Å²) in [4.78, 5) is 36.7. The molecular formula is C22H19ClF2N2O6. The molecule has 3 N–H and O–H groups in total. The van der Waals surface area contributed by atoms with Gasteiger partial charge in [0.2, 0.25) is 5.91 Å². The number of carboxylic acids is 1. The number of halogens is 3. The van der Waals surface area contributed by atoms with Crippen LogP contribution < -0.4 is 10.1 Å². The fourth-order valence-electron chi connectivity index (χ4n) is 3.40. The molecule has 0 aliphatic heterocycles. The normalized spacial score (nSPS) is 12.1. The van der Waals surface area contributed by atoms with Crippen LogP contribution in [0.15, 0.2) is 36.4 Å². The van der Waals surface area contributed by atoms with Crippen molar-refractivity contribution in [3.05, 3.63) is 58.2 Å². The van der Waals surface area contributed by atoms with Crippen molar-refractivity contribution in [3.8, 4) is 11.5 Å². The smallest absolute Gasteiger partial charge is 0.387 e. The minimum atomic E-state index is -3.01. The first-order valence-electron chi connectivity index (χ1n) is 9.63. The van der Waals surface area contributed by atoms with Gasteiger partial charge in [-0.05, 0) is 55.8 Å². The van der Waals surface area contributed by atoms with Gasteiger partial charge in [-0.15, -0.1) is 0 Å². The number of nitrogens with one attached hydrogen (secondary N) is 1. The van der Waals surface area contributed by atoms with E-state index in [1.54, 1.807) is 6.92 Å². The van der Waals surface area contributed by atoms with Gasteiger partial charge in [-0.3, -0.25) is 19.0 Å². The number of carboxylic acid groups (broad SMARTS) is 1. The highest BCUT2D eigenvalue weighted by Gasteiger charge is 2.24. The lowest BCUT2D eigenvalue weighted by Gasteiger charge is -2.10. The van der Waals surface area contributed by atoms with E-state index in [4.69, 9.17) is 16.7 Å². The van der Waals surface area contributed by atoms with E-state index in [0.29, 0.717) is 22.2 Å². The van der Waals surface area contributed by atoms with Crippen LogP contribution in [0.3, 0.4) is 0 Å². The van der Waals surface area contributed by atoms with Gasteiger partial charge in [0, 0.05) is 16.6 Å². The first kappa shape index (κ1) is 24.0. The number of hydrogen-bond donors (Lipinski definition) is 3. The van der Waals surface area contributed by atoms with E-state index in [1.807, 2.05) is 0 Å². The molecule has 0 aliphatic carbocycles. The van der Waals surface area contributed by atoms with Gasteiger partial charge >= 0.3 is 12.6 Å². The van der Waals surface area contributed by atoms with Crippen LogP contribution in [0.25, 0.3) is 10.9 Å². The molecule has 0 spiro atoms. The monoisotopic (exact) mass is 480 g/mol. The third-order valence-electron chi connectivity index (χ3n) is 5.02. The van der Waals surface area contributed by atoms with Crippen molar-refractivity contribution >= 4 is 40.3 Å². The molecule has 0 radical (unpaired) electrons. The summed E-state index contributed by atoms with van der Waals surface area (Å²) >= 11 is 6.04. The number of carbonyl (C=O) groups is 3. The minimum absolute atomic E-state index is 0.0229. The summed E-state index contributed by atoms with van der Waals surface area (Å²) in [6.45, 7) is -0.109. The molecule has 33 heavy (non-hydrogen) atoms. The number of rotatable bonds is 7. The third-order valence-corrected chi connectivity index (χ3v) is 5.32. The fraction of sp³-hybridized carbons (Fsp3) is 0.227. The summed E-state index contributed by atoms with van der Waals surface area (Å²) in [5, 5.41) is 21.8. The standard InChI is InChI=1S/C22H19ClF2N2O6/c1-10(21(31)32)26-19(29)8-14-11(2)27(17-9-16(23)18(28)7-15(14)17)20(30)12-3-5-13(6-4-12)33-22(24)25/h3-7,9-10,22,28H,8H2,1-2H3,(H,26,29)(H,31,32). The number of amides is 1. The lowest BCUT2D eigenvalue weighted by atomic mass is 10.1. The van der Waals surface area contributed by atoms with Crippen molar-refractivity contribution in [2.45, 2.75) is 32.9 Å². The zero-order chi connectivity index (χ0) is 24.4. The number of benzene rings is 2. The van der Waals surface area contributed by atoms with Crippen molar-refractivity contribution in [1.29, 1.82) is 0 Å². The van der Waals surface area contributed by atoms with E-state index in [1.165, 1.54) is 47.9 Å². The van der Waals surface area contributed by atoms with Gasteiger partial charge < -0.3 is 20.3 Å². The van der Waals surface area contributed by atoms with E-state index < -0.39 is 30.4 Å². The van der Waals surface area contributed by atoms with E-state index in [2.05, 4.69) is 10.1 Å². The number of phenolic OH excluding ortho intramolecular Hbond substituents is 1. The molecule has 3 rings (SSSR count). The zero-order valence-corrected chi connectivity index (χ0v) is 18.2. The van der Waals surface area contributed by atoms with E-state index in [0.717, 1.165) is 0 Å². The lowest BCUT2D eigenvalue weighted by Crippen LogP contribution is -2.39. The Morgan fingerprint density at radius 1 is 1.18 bits per heavy atom. The van der Waals surface area contributed by atoms with Crippen LogP contribution in [0.4, 0.5) is 8.78 Å². The second-order valence-electron chi connectivity index (χ2n) is 7.23. The summed E-state index contributed by atoms with van der Waals surface area (Å²) in [6.07, 6.45) is -0.261. The summed E-state index contributed by atoms with van der Waals surface area (Å²) < 4.78 is 30.3. The minimum Gasteiger partial charge on any atom is -0.506 e. The van der Waals surface area contributed by atoms with E-state index in [9.17, 15) is 28.3 Å². The lowest BCUT2D eigenvalue weighted by molar-refractivity contribution is -0.141. The Morgan fingerprint density at radius 2 is 1.82 bits per heavy atom. The SMILES string of the molecule is Cc1c(CC(=O)NC(C)C(=O)O)c2cc(O)c(Cl)cc2n1C(=O)c1ccc(OC(F)F)cc1. The highest BCUT2D eigenvalue weighted by Crippen LogP contribution is 2.35. The summed E-state index contributed by atoms with van der Waals surface area (Å²) in [7, 11) is 0. The molecule has 0 saturated carbocycles. The van der Waals surface area contributed by atoms with Gasteiger partial charge in [-0.1, -0.05) is 11.6 Å². The van der Waals surface area contributed by atoms with E-state index in [-0.39, 0.29) is 28.5 Å². The number of nitrogens with zero attached hydrogens (tertiary/aromatic N) is 1. The molecule has 0 aliphatic rings. The second-order valence-corrected chi connectivity index (χ2v) is 7.64. The third kappa shape index (κ3) is 5.06. The maximum absolute atomic E-state index is 13.3. The average molecular weight is 481 g/mol. The topological polar surface area (TPSA) is 118 Å². The van der Waals surface area contributed by atoms with E-state index >= 15 is 0 Å². The second kappa shape index (κ2) is 9.45. The first-order chi connectivity index (χ1) is 15.5. The van der Waals surface area contributed by atoms with Gasteiger partial charge in [-0.25, -0.2) is 0 Å². The Balaban J connectivity index is 2.05. The quantitative estimate of drug-likeness (QED) is 0.474. The number of aromatic nitrogens is 1. The van der Waals surface area contributed by atoms with Gasteiger partial charge in [0.15, 0.2) is 0 Å². The Bertz CT molecular complexity index is 1240. The molecule has 8 nitrogen and oxygen atoms in total. The molecule has 1 unspecified atom stereocenters. The summed E-state index contributed by atoms with van der Waals surface area (Å²) in [5.74, 6) is -2.71. The predicted octanol–water partition coefficient (Wildman–Crippen LogP) is 3.73. The van der Waals surface area contributed by atoms with Crippen LogP contribution >= 0.6 is 11.6 Å². The number of alkyl halides is 2. The number of aliphatic carboxylic acids is 1. The number of hydrogen-bond acceptors (Lipinski definition) is 5. The number of ether oxygens (including phenoxy) is 1. The zero-order valence-electron chi connectivity index (χ0n) is 17.4. The molecule has 1 amide bonds. The molecule has 1 atom stereocenters. The molecule has 3 aromatic rings. The molecule has 174 valence electrons. The Morgan fingerprint density at radius 3 is 2.39 bits per heavy atom. The Kier molecular flexibility index (Phi) is 6.87. The van der Waals surface area contributed by atoms with Gasteiger partial charge in [0.1, 0.15) is 17.5 Å². The van der Waals surface area contributed by atoms with Crippen LogP contribution in [0.5, 0.6) is 11.5 Å². The maximum atomic E-state index is 13.3. The Labute approximate surface area is 191 Å². The summed E-state index contributed by atoms with van der Waals surface area (Å²) in [5.41, 5.74) is 1.21. The average Bonchev–Trinajstić information content (AvgIpc) is 2.98. The summed E-state index contributed by atoms with van der Waals surface area (Å²) in [6, 6.07) is 6.64. The Hall–Kier alpha value is -3.66. The molecule has 0 fully saturated rings. The molecular weight excluding hydrogens is 462 g/mol. The number of aromatic hydroxyl groups is 1. The fourth-order valence-corrected chi connectivity index (χ4v) is 3.55. The predicted molar refractivity (Wildman–Crippen MR) is 115 cm³/mol. The molecule has 1 aromatic heterocycles. The van der Waals surface area contributed by atoms with Gasteiger partial charge in [0.05, 0.1) is 17.0 Å². The van der Waals surface area contributed by atoms with Gasteiger partial charge in [-0.2, -0.15) is 8.78 Å².